The molecule has 0 unspecified atom stereocenters. The van der Waals surface area contributed by atoms with Crippen LogP contribution in [0, 0.1) is 5.92 Å². The Hall–Kier alpha value is -6.84. The van der Waals surface area contributed by atoms with Crippen molar-refractivity contribution in [3.05, 3.63) is 105 Å². The van der Waals surface area contributed by atoms with Crippen molar-refractivity contribution in [1.82, 2.24) is 30.8 Å². The Kier molecular flexibility index (Phi) is 13.0. The number of aryl methyl sites for hydroxylation is 1. The fraction of sp³-hybridized carbons (Fsp3) is 0.378. The van der Waals surface area contributed by atoms with Gasteiger partial charge in [-0.15, -0.1) is 0 Å². The van der Waals surface area contributed by atoms with E-state index in [2.05, 4.69) is 27.8 Å². The molecular formula is C45H50N6O10. The van der Waals surface area contributed by atoms with Crippen molar-refractivity contribution in [3.63, 3.8) is 0 Å². The molecule has 5 N–H and O–H groups in total. The summed E-state index contributed by atoms with van der Waals surface area (Å²) in [4.78, 5) is 98.5. The lowest BCUT2D eigenvalue weighted by atomic mass is 9.85. The second-order valence-electron chi connectivity index (χ2n) is 15.7. The van der Waals surface area contributed by atoms with Gasteiger partial charge in [0.1, 0.15) is 31.0 Å². The van der Waals surface area contributed by atoms with Gasteiger partial charge in [-0.05, 0) is 67.5 Å². The first-order valence-corrected chi connectivity index (χ1v) is 20.2. The van der Waals surface area contributed by atoms with Gasteiger partial charge in [-0.3, -0.25) is 28.8 Å². The predicted molar refractivity (Wildman–Crippen MR) is 224 cm³/mol. The molecule has 2 aliphatic rings. The fourth-order valence-corrected chi connectivity index (χ4v) is 7.81. The number of phenolic OH excluding ortho intramolecular Hbond substituents is 1. The molecule has 0 radical (unpaired) electrons. The summed E-state index contributed by atoms with van der Waals surface area (Å²) in [5.74, 6) is -4.45. The molecule has 6 rings (SSSR count). The predicted octanol–water partition coefficient (Wildman–Crippen LogP) is 2.97. The largest absolute Gasteiger partial charge is 0.508 e. The van der Waals surface area contributed by atoms with Gasteiger partial charge in [-0.1, -0.05) is 64.6 Å². The summed E-state index contributed by atoms with van der Waals surface area (Å²) in [6.45, 7) is 11.1. The quantitative estimate of drug-likeness (QED) is 0.0718. The van der Waals surface area contributed by atoms with E-state index in [0.29, 0.717) is 23.3 Å². The molecule has 16 nitrogen and oxygen atoms in total. The Labute approximate surface area is 352 Å². The summed E-state index contributed by atoms with van der Waals surface area (Å²) in [7, 11) is 0. The van der Waals surface area contributed by atoms with Crippen LogP contribution in [0.5, 0.6) is 5.75 Å². The van der Waals surface area contributed by atoms with Gasteiger partial charge >= 0.3 is 11.9 Å². The molecule has 16 heteroatoms. The third-order valence-corrected chi connectivity index (χ3v) is 10.9. The van der Waals surface area contributed by atoms with Gasteiger partial charge in [-0.25, -0.2) is 9.78 Å². The lowest BCUT2D eigenvalue weighted by Gasteiger charge is -2.35. The Morgan fingerprint density at radius 2 is 1.69 bits per heavy atom. The van der Waals surface area contributed by atoms with Crippen LogP contribution in [-0.2, 0) is 69.8 Å². The lowest BCUT2D eigenvalue weighted by molar-refractivity contribution is -0.189. The van der Waals surface area contributed by atoms with Crippen molar-refractivity contribution in [1.29, 1.82) is 0 Å². The van der Waals surface area contributed by atoms with Crippen LogP contribution in [0.1, 0.15) is 75.3 Å². The van der Waals surface area contributed by atoms with Crippen LogP contribution in [0.3, 0.4) is 0 Å². The van der Waals surface area contributed by atoms with Gasteiger partial charge in [0, 0.05) is 28.5 Å². The zero-order valence-electron chi connectivity index (χ0n) is 34.8. The van der Waals surface area contributed by atoms with Gasteiger partial charge in [0.05, 0.1) is 35.6 Å². The smallest absolute Gasteiger partial charge is 0.355 e. The van der Waals surface area contributed by atoms with E-state index in [9.17, 15) is 38.7 Å². The number of nitrogens with one attached hydrogen (secondary N) is 4. The molecule has 3 atom stereocenters. The number of amides is 4. The number of fused-ring (bicyclic) bond motifs is 5. The Bertz CT molecular complexity index is 2500. The third-order valence-electron chi connectivity index (χ3n) is 10.9. The van der Waals surface area contributed by atoms with Crippen molar-refractivity contribution in [2.75, 3.05) is 13.1 Å². The van der Waals surface area contributed by atoms with Crippen LogP contribution in [0.4, 0.5) is 0 Å². The second-order valence-corrected chi connectivity index (χ2v) is 15.7. The van der Waals surface area contributed by atoms with E-state index in [1.165, 1.54) is 13.0 Å². The summed E-state index contributed by atoms with van der Waals surface area (Å²) in [6, 6.07) is 13.1. The minimum atomic E-state index is -2.03. The van der Waals surface area contributed by atoms with E-state index in [1.54, 1.807) is 60.0 Å². The first kappa shape index (κ1) is 43.7. The zero-order chi connectivity index (χ0) is 44.2. The number of benzene rings is 2. The maximum atomic E-state index is 14.1. The zero-order valence-corrected chi connectivity index (χ0v) is 34.8. The Balaban J connectivity index is 1.21. The van der Waals surface area contributed by atoms with E-state index in [-0.39, 0.29) is 60.8 Å². The topological polar surface area (TPSA) is 224 Å². The Morgan fingerprint density at radius 3 is 2.36 bits per heavy atom. The number of aromatic hydroxyl groups is 1. The first-order valence-electron chi connectivity index (χ1n) is 20.2. The van der Waals surface area contributed by atoms with Crippen molar-refractivity contribution < 1.29 is 43.3 Å². The van der Waals surface area contributed by atoms with Crippen LogP contribution in [-0.4, -0.2) is 75.4 Å². The minimum absolute atomic E-state index is 0.0706. The monoisotopic (exact) mass is 834 g/mol. The molecule has 0 fully saturated rings. The van der Waals surface area contributed by atoms with Gasteiger partial charge in [0.2, 0.25) is 29.2 Å². The maximum Gasteiger partial charge on any atom is 0.355 e. The molecule has 4 aromatic rings. The number of phenols is 1. The number of hydrogen-bond donors (Lipinski definition) is 5. The first-order chi connectivity index (χ1) is 29.1. The molecular weight excluding hydrogens is 785 g/mol. The molecule has 2 aromatic carbocycles. The number of rotatable bonds is 16. The molecule has 0 aliphatic carbocycles. The van der Waals surface area contributed by atoms with E-state index in [1.807, 2.05) is 20.8 Å². The number of cyclic esters (lactones) is 1. The van der Waals surface area contributed by atoms with Crippen LogP contribution in [0.25, 0.3) is 22.3 Å². The fourth-order valence-electron chi connectivity index (χ4n) is 7.81. The summed E-state index contributed by atoms with van der Waals surface area (Å²) in [5, 5.41) is 21.3. The van der Waals surface area contributed by atoms with Crippen LogP contribution < -0.4 is 26.8 Å². The van der Waals surface area contributed by atoms with Crippen molar-refractivity contribution in [2.24, 2.45) is 5.92 Å². The number of carbonyl (C=O) groups excluding carboxylic acids is 6. The number of nitrogens with zero attached hydrogens (tertiary/aromatic N) is 2. The van der Waals surface area contributed by atoms with Crippen molar-refractivity contribution >= 4 is 46.5 Å². The number of pyridine rings is 2. The van der Waals surface area contributed by atoms with Gasteiger partial charge in [0.25, 0.3) is 5.56 Å². The SMILES string of the molecule is C=C(C)C(=O)NCC(=O)N[C@@H](Cc1ccccc1)C(=O)N[C@@H](CC(C)C)C(=O)NCC(=O)O[C@]1(CC)C(=O)OCc2c1cc1n(c2=O)Cc2c-1nc1ccc(O)cc1c2CC. The van der Waals surface area contributed by atoms with Crippen molar-refractivity contribution in [3.8, 4) is 17.1 Å². The third kappa shape index (κ3) is 9.17. The molecule has 2 aliphatic heterocycles. The number of carbonyl (C=O) groups is 6. The normalized spacial score (nSPS) is 16.0. The highest BCUT2D eigenvalue weighted by Gasteiger charge is 2.50. The minimum Gasteiger partial charge on any atom is -0.508 e. The average molecular weight is 835 g/mol. The highest BCUT2D eigenvalue weighted by molar-refractivity contribution is 5.97. The van der Waals surface area contributed by atoms with Gasteiger partial charge in [0.15, 0.2) is 0 Å². The summed E-state index contributed by atoms with van der Waals surface area (Å²) < 4.78 is 12.9. The van der Waals surface area contributed by atoms with Gasteiger partial charge in [-0.2, -0.15) is 0 Å². The summed E-state index contributed by atoms with van der Waals surface area (Å²) >= 11 is 0. The second kappa shape index (κ2) is 18.2. The van der Waals surface area contributed by atoms with Crippen LogP contribution in [0.2, 0.25) is 0 Å². The van der Waals surface area contributed by atoms with E-state index in [0.717, 1.165) is 22.1 Å². The number of ether oxygens (including phenoxy) is 2. The molecule has 4 amide bonds. The average Bonchev–Trinajstić information content (AvgIpc) is 3.60. The van der Waals surface area contributed by atoms with Crippen LogP contribution in [0.15, 0.2) is 71.5 Å². The number of hydrogen-bond acceptors (Lipinski definition) is 11. The molecule has 0 saturated heterocycles. The molecule has 61 heavy (non-hydrogen) atoms. The number of esters is 2. The molecule has 4 heterocycles. The summed E-state index contributed by atoms with van der Waals surface area (Å²) in [5.41, 5.74) is 2.09. The standard InChI is InChI=1S/C45H50N6O10/c1-7-28-29-18-27(52)14-15-33(29)49-39-30(28)22-51-36(39)19-32-31(43(51)58)23-60-44(59)45(32,8-2)61-38(54)21-47-41(56)34(16-24(3)4)50-42(57)35(17-26-12-10-9-11-13-26)48-37(53)20-46-40(55)25(5)6/h9-15,18-19,24,34-35,52H,5,7-8,16-17,20-23H2,1-4,6H3,(H,46,55)(H,47,56)(H,48,53)(H,50,57)/t34-,35-,45-/m0/s1. The highest BCUT2D eigenvalue weighted by Crippen LogP contribution is 2.42. The van der Waals surface area contributed by atoms with Gasteiger partial charge < -0.3 is 40.4 Å². The molecule has 2 aromatic heterocycles. The highest BCUT2D eigenvalue weighted by atomic mass is 16.6. The van der Waals surface area contributed by atoms with E-state index >= 15 is 0 Å². The summed E-state index contributed by atoms with van der Waals surface area (Å²) in [6.07, 6.45) is 0.727. The van der Waals surface area contributed by atoms with E-state index < -0.39 is 71.9 Å². The molecule has 320 valence electrons. The van der Waals surface area contributed by atoms with Crippen molar-refractivity contribution in [2.45, 2.75) is 91.1 Å². The molecule has 0 spiro atoms. The number of aromatic nitrogens is 2. The lowest BCUT2D eigenvalue weighted by Crippen LogP contribution is -2.56. The maximum absolute atomic E-state index is 14.1. The van der Waals surface area contributed by atoms with Crippen LogP contribution >= 0.6 is 0 Å². The Morgan fingerprint density at radius 1 is 0.951 bits per heavy atom. The molecule has 0 bridgehead atoms. The molecule has 0 saturated carbocycles. The van der Waals surface area contributed by atoms with E-state index in [4.69, 9.17) is 14.5 Å².